The molecule has 1 heterocycles. The Hall–Kier alpha value is -2.27. The predicted molar refractivity (Wildman–Crippen MR) is 82.5 cm³/mol. The zero-order chi connectivity index (χ0) is 15.5. The molecule has 1 fully saturated rings. The Morgan fingerprint density at radius 3 is 2.64 bits per heavy atom. The first-order valence-corrected chi connectivity index (χ1v) is 7.42. The largest absolute Gasteiger partial charge is 0.497 e. The van der Waals surface area contributed by atoms with Gasteiger partial charge in [-0.3, -0.25) is 4.79 Å². The van der Waals surface area contributed by atoms with Crippen LogP contribution >= 0.6 is 0 Å². The highest BCUT2D eigenvalue weighted by Gasteiger charge is 2.33. The van der Waals surface area contributed by atoms with E-state index in [9.17, 15) is 4.79 Å². The van der Waals surface area contributed by atoms with Crippen molar-refractivity contribution in [3.8, 4) is 5.75 Å². The van der Waals surface area contributed by atoms with E-state index in [4.69, 9.17) is 14.9 Å². The maximum Gasteiger partial charge on any atom is 0.257 e. The molecule has 1 amide bonds. The minimum Gasteiger partial charge on any atom is -0.497 e. The Kier molecular flexibility index (Phi) is 4.15. The van der Waals surface area contributed by atoms with Crippen LogP contribution in [0.5, 0.6) is 5.75 Å². The van der Waals surface area contributed by atoms with Crippen LogP contribution in [0.2, 0.25) is 0 Å². The molecular formula is C17H20N2O3. The number of rotatable bonds is 6. The molecule has 0 atom stereocenters. The molecule has 1 aromatic heterocycles. The van der Waals surface area contributed by atoms with Crippen LogP contribution in [0.15, 0.2) is 41.0 Å². The number of hydrogen-bond acceptors (Lipinski definition) is 4. The van der Waals surface area contributed by atoms with E-state index in [2.05, 4.69) is 0 Å². The van der Waals surface area contributed by atoms with E-state index in [-0.39, 0.29) is 5.91 Å². The lowest BCUT2D eigenvalue weighted by atomic mass is 10.2. The molecule has 1 saturated carbocycles. The first-order chi connectivity index (χ1) is 10.7. The normalized spacial score (nSPS) is 13.9. The first kappa shape index (κ1) is 14.7. The maximum absolute atomic E-state index is 12.7. The highest BCUT2D eigenvalue weighted by atomic mass is 16.5. The minimum atomic E-state index is 0.00164. The van der Waals surface area contributed by atoms with Crippen molar-refractivity contribution in [3.05, 3.63) is 53.5 Å². The van der Waals surface area contributed by atoms with Gasteiger partial charge in [-0.05, 0) is 36.6 Å². The molecule has 5 nitrogen and oxygen atoms in total. The number of amides is 1. The van der Waals surface area contributed by atoms with E-state index in [1.54, 1.807) is 13.2 Å². The molecule has 0 spiro atoms. The van der Waals surface area contributed by atoms with Crippen molar-refractivity contribution in [2.75, 3.05) is 7.11 Å². The predicted octanol–water partition coefficient (Wildman–Crippen LogP) is 2.55. The van der Waals surface area contributed by atoms with Crippen LogP contribution in [0.1, 0.15) is 34.5 Å². The van der Waals surface area contributed by atoms with Gasteiger partial charge in [0.1, 0.15) is 17.8 Å². The van der Waals surface area contributed by atoms with E-state index in [0.717, 1.165) is 24.2 Å². The lowest BCUT2D eigenvalue weighted by molar-refractivity contribution is 0.0729. The Labute approximate surface area is 129 Å². The molecule has 1 aromatic carbocycles. The number of carbonyl (C=O) groups excluding carboxylic acids is 1. The first-order valence-electron chi connectivity index (χ1n) is 7.42. The van der Waals surface area contributed by atoms with Crippen LogP contribution < -0.4 is 10.5 Å². The number of benzene rings is 1. The number of nitrogens with zero attached hydrogens (tertiary/aromatic N) is 1. The zero-order valence-electron chi connectivity index (χ0n) is 12.6. The minimum absolute atomic E-state index is 0.00164. The van der Waals surface area contributed by atoms with Crippen molar-refractivity contribution >= 4 is 5.91 Å². The average molecular weight is 300 g/mol. The van der Waals surface area contributed by atoms with Crippen LogP contribution in [-0.2, 0) is 13.1 Å². The molecular weight excluding hydrogens is 280 g/mol. The fourth-order valence-corrected chi connectivity index (χ4v) is 2.45. The SMILES string of the molecule is COc1ccc(CN(C(=O)c2coc(CN)c2)C2CC2)cc1. The van der Waals surface area contributed by atoms with Crippen molar-refractivity contribution in [1.29, 1.82) is 0 Å². The summed E-state index contributed by atoms with van der Waals surface area (Å²) in [6, 6.07) is 9.85. The van der Waals surface area contributed by atoms with Crippen molar-refractivity contribution in [1.82, 2.24) is 4.90 Å². The van der Waals surface area contributed by atoms with Crippen LogP contribution in [0, 0.1) is 0 Å². The quantitative estimate of drug-likeness (QED) is 0.890. The molecule has 1 aliphatic carbocycles. The third-order valence-electron chi connectivity index (χ3n) is 3.86. The van der Waals surface area contributed by atoms with E-state index < -0.39 is 0 Å². The molecule has 0 saturated heterocycles. The highest BCUT2D eigenvalue weighted by Crippen LogP contribution is 2.30. The summed E-state index contributed by atoms with van der Waals surface area (Å²) in [4.78, 5) is 14.6. The number of methoxy groups -OCH3 is 1. The molecule has 22 heavy (non-hydrogen) atoms. The fraction of sp³-hybridized carbons (Fsp3) is 0.353. The summed E-state index contributed by atoms with van der Waals surface area (Å²) >= 11 is 0. The summed E-state index contributed by atoms with van der Waals surface area (Å²) in [5.41, 5.74) is 7.19. The second-order valence-electron chi connectivity index (χ2n) is 5.52. The Morgan fingerprint density at radius 2 is 2.09 bits per heavy atom. The lowest BCUT2D eigenvalue weighted by Crippen LogP contribution is -2.32. The smallest absolute Gasteiger partial charge is 0.257 e. The summed E-state index contributed by atoms with van der Waals surface area (Å²) in [7, 11) is 1.64. The number of furan rings is 1. The Balaban J connectivity index is 1.75. The van der Waals surface area contributed by atoms with E-state index in [0.29, 0.717) is 30.5 Å². The lowest BCUT2D eigenvalue weighted by Gasteiger charge is -2.22. The van der Waals surface area contributed by atoms with Gasteiger partial charge in [0.05, 0.1) is 19.2 Å². The molecule has 1 aliphatic rings. The molecule has 3 rings (SSSR count). The van der Waals surface area contributed by atoms with Gasteiger partial charge < -0.3 is 19.8 Å². The molecule has 5 heteroatoms. The summed E-state index contributed by atoms with van der Waals surface area (Å²) in [5, 5.41) is 0. The second kappa shape index (κ2) is 6.23. The monoisotopic (exact) mass is 300 g/mol. The van der Waals surface area contributed by atoms with Gasteiger partial charge in [0.25, 0.3) is 5.91 Å². The van der Waals surface area contributed by atoms with Gasteiger partial charge in [-0.25, -0.2) is 0 Å². The van der Waals surface area contributed by atoms with Gasteiger partial charge in [0.2, 0.25) is 0 Å². The summed E-state index contributed by atoms with van der Waals surface area (Å²) in [5.74, 6) is 1.45. The van der Waals surface area contributed by atoms with Gasteiger partial charge in [0, 0.05) is 12.6 Å². The molecule has 0 bridgehead atoms. The standard InChI is InChI=1S/C17H20N2O3/c1-21-15-6-2-12(3-7-15)10-19(14-4-5-14)17(20)13-8-16(9-18)22-11-13/h2-3,6-8,11,14H,4-5,9-10,18H2,1H3. The second-order valence-corrected chi connectivity index (χ2v) is 5.52. The van der Waals surface area contributed by atoms with Crippen molar-refractivity contribution < 1.29 is 13.9 Å². The molecule has 0 radical (unpaired) electrons. The topological polar surface area (TPSA) is 68.7 Å². The van der Waals surface area contributed by atoms with E-state index in [1.807, 2.05) is 29.2 Å². The summed E-state index contributed by atoms with van der Waals surface area (Å²) < 4.78 is 10.4. The van der Waals surface area contributed by atoms with Gasteiger partial charge >= 0.3 is 0 Å². The third kappa shape index (κ3) is 3.14. The molecule has 2 aromatic rings. The summed E-state index contributed by atoms with van der Waals surface area (Å²) in [6.45, 7) is 0.895. The van der Waals surface area contributed by atoms with Crippen molar-refractivity contribution in [3.63, 3.8) is 0 Å². The fourth-order valence-electron chi connectivity index (χ4n) is 2.45. The molecule has 0 unspecified atom stereocenters. The van der Waals surface area contributed by atoms with Crippen molar-refractivity contribution in [2.24, 2.45) is 5.73 Å². The van der Waals surface area contributed by atoms with Gasteiger partial charge in [-0.2, -0.15) is 0 Å². The van der Waals surface area contributed by atoms with Crippen molar-refractivity contribution in [2.45, 2.75) is 32.0 Å². The molecule has 0 aliphatic heterocycles. The van der Waals surface area contributed by atoms with E-state index in [1.165, 1.54) is 6.26 Å². The van der Waals surface area contributed by atoms with Crippen LogP contribution in [0.4, 0.5) is 0 Å². The van der Waals surface area contributed by atoms with E-state index >= 15 is 0 Å². The third-order valence-corrected chi connectivity index (χ3v) is 3.86. The van der Waals surface area contributed by atoms with Crippen LogP contribution in [0.3, 0.4) is 0 Å². The van der Waals surface area contributed by atoms with Crippen LogP contribution in [0.25, 0.3) is 0 Å². The Bertz CT molecular complexity index is 644. The van der Waals surface area contributed by atoms with Crippen LogP contribution in [-0.4, -0.2) is 24.0 Å². The number of carbonyl (C=O) groups is 1. The zero-order valence-corrected chi connectivity index (χ0v) is 12.6. The van der Waals surface area contributed by atoms with Gasteiger partial charge in [-0.15, -0.1) is 0 Å². The summed E-state index contributed by atoms with van der Waals surface area (Å²) in [6.07, 6.45) is 3.61. The Morgan fingerprint density at radius 1 is 1.36 bits per heavy atom. The average Bonchev–Trinajstić information content (AvgIpc) is 3.28. The highest BCUT2D eigenvalue weighted by molar-refractivity contribution is 5.94. The maximum atomic E-state index is 12.7. The molecule has 2 N–H and O–H groups in total. The number of hydrogen-bond donors (Lipinski definition) is 1. The molecule has 116 valence electrons. The number of ether oxygens (including phenoxy) is 1. The van der Waals surface area contributed by atoms with Gasteiger partial charge in [-0.1, -0.05) is 12.1 Å². The number of nitrogens with two attached hydrogens (primary N) is 1. The van der Waals surface area contributed by atoms with Gasteiger partial charge in [0.15, 0.2) is 0 Å².